The number of piperidine rings is 1. The molecular weight excluding hydrogens is 581 g/mol. The largest absolute Gasteiger partial charge is 0.455 e. The average molecular weight is 624 g/mol. The third-order valence-corrected chi connectivity index (χ3v) is 9.93. The van der Waals surface area contributed by atoms with Crippen LogP contribution in [-0.4, -0.2) is 59.2 Å². The van der Waals surface area contributed by atoms with Gasteiger partial charge in [-0.05, 0) is 107 Å². The molecule has 4 atom stereocenters. The number of Topliss-reactive ketones (excluding diaryl/α,β-unsaturated/α-hetero) is 1. The van der Waals surface area contributed by atoms with Gasteiger partial charge in [-0.1, -0.05) is 42.0 Å². The highest BCUT2D eigenvalue weighted by Crippen LogP contribution is 2.49. The Morgan fingerprint density at radius 2 is 1.80 bits per heavy atom. The molecule has 8 heteroatoms. The molecule has 6 rings (SSSR count). The molecule has 0 radical (unpaired) electrons. The van der Waals surface area contributed by atoms with E-state index >= 15 is 0 Å². The van der Waals surface area contributed by atoms with Crippen molar-refractivity contribution < 1.29 is 28.6 Å². The minimum absolute atomic E-state index is 0.0414. The van der Waals surface area contributed by atoms with Gasteiger partial charge in [0.1, 0.15) is 18.0 Å². The Bertz CT molecular complexity index is 1380. The van der Waals surface area contributed by atoms with E-state index in [0.717, 1.165) is 57.3 Å². The van der Waals surface area contributed by atoms with Crippen LogP contribution in [0.5, 0.6) is 0 Å². The van der Waals surface area contributed by atoms with Gasteiger partial charge in [0.2, 0.25) is 0 Å². The Labute approximate surface area is 264 Å². The van der Waals surface area contributed by atoms with Crippen molar-refractivity contribution in [1.29, 1.82) is 0 Å². The first kappa shape index (κ1) is 32.6. The van der Waals surface area contributed by atoms with E-state index in [0.29, 0.717) is 35.4 Å². The van der Waals surface area contributed by atoms with Crippen molar-refractivity contribution in [2.45, 2.75) is 88.6 Å². The third kappa shape index (κ3) is 7.68. The molecule has 0 bridgehead atoms. The molecule has 4 unspecified atom stereocenters. The van der Waals surface area contributed by atoms with Crippen LogP contribution in [0, 0.1) is 11.7 Å². The molecule has 2 aromatic carbocycles. The fourth-order valence-electron chi connectivity index (χ4n) is 6.64. The van der Waals surface area contributed by atoms with Crippen molar-refractivity contribution in [2.75, 3.05) is 19.6 Å². The van der Waals surface area contributed by atoms with Crippen LogP contribution in [0.2, 0.25) is 5.02 Å². The van der Waals surface area contributed by atoms with Crippen LogP contribution in [0.4, 0.5) is 4.39 Å². The highest BCUT2D eigenvalue weighted by Gasteiger charge is 2.61. The van der Waals surface area contributed by atoms with Gasteiger partial charge < -0.3 is 19.5 Å². The lowest BCUT2D eigenvalue weighted by atomic mass is 9.84. The molecule has 0 saturated carbocycles. The van der Waals surface area contributed by atoms with E-state index in [1.807, 2.05) is 24.3 Å². The van der Waals surface area contributed by atoms with Gasteiger partial charge in [0.25, 0.3) is 0 Å². The van der Waals surface area contributed by atoms with Crippen molar-refractivity contribution in [1.82, 2.24) is 4.90 Å². The lowest BCUT2D eigenvalue weighted by Gasteiger charge is -2.38. The number of carbonyl (C=O) groups is 2. The molecular formula is C36H43ClFNO5. The summed E-state index contributed by atoms with van der Waals surface area (Å²) >= 11 is 5.92. The number of hydrogen-bond acceptors (Lipinski definition) is 6. The maximum atomic E-state index is 12.9. The molecule has 3 heterocycles. The molecule has 236 valence electrons. The van der Waals surface area contributed by atoms with Gasteiger partial charge >= 0.3 is 5.97 Å². The number of aliphatic hydroxyl groups is 1. The summed E-state index contributed by atoms with van der Waals surface area (Å²) in [6, 6.07) is 13.1. The number of nitrogens with zero attached hydrogens (tertiary/aromatic N) is 1. The fourth-order valence-corrected chi connectivity index (χ4v) is 6.77. The zero-order chi connectivity index (χ0) is 31.5. The number of fused-ring (bicyclic) bond motifs is 3. The first-order chi connectivity index (χ1) is 21.0. The standard InChI is InChI=1S/C21H23ClFNO2.C15H20O3/c22-18-7-5-17(6-8-18)21(26)11-14-24(15-12-21)13-1-2-20(25)16-3-9-19(23)10-4-16;1-9-5-4-8-15(3)13(18-15)12-11(7-6-9)10(2)14(16)17-12/h3-10,26H,1-2,11-15H2;5,11-13H,2,4,6-8H2,1,3H3. The highest BCUT2D eigenvalue weighted by atomic mass is 35.5. The van der Waals surface area contributed by atoms with Gasteiger partial charge in [0, 0.05) is 41.6 Å². The van der Waals surface area contributed by atoms with Crippen LogP contribution in [-0.2, 0) is 19.9 Å². The maximum absolute atomic E-state index is 12.9. The Hall–Kier alpha value is -2.84. The number of carbonyl (C=O) groups excluding carboxylic acids is 2. The first-order valence-electron chi connectivity index (χ1n) is 15.7. The third-order valence-electron chi connectivity index (χ3n) is 9.68. The molecule has 3 saturated heterocycles. The number of benzene rings is 2. The van der Waals surface area contributed by atoms with Gasteiger partial charge in [-0.15, -0.1) is 0 Å². The minimum atomic E-state index is -0.801. The Kier molecular flexibility index (Phi) is 10.1. The van der Waals surface area contributed by atoms with Crippen molar-refractivity contribution in [3.8, 4) is 0 Å². The Morgan fingerprint density at radius 1 is 1.11 bits per heavy atom. The van der Waals surface area contributed by atoms with Crippen LogP contribution in [0.3, 0.4) is 0 Å². The Morgan fingerprint density at radius 3 is 2.48 bits per heavy atom. The van der Waals surface area contributed by atoms with E-state index in [1.165, 1.54) is 29.8 Å². The van der Waals surface area contributed by atoms with E-state index < -0.39 is 5.60 Å². The summed E-state index contributed by atoms with van der Waals surface area (Å²) in [4.78, 5) is 26.1. The fraction of sp³-hybridized carbons (Fsp3) is 0.500. The van der Waals surface area contributed by atoms with Gasteiger partial charge in [-0.3, -0.25) is 4.79 Å². The topological polar surface area (TPSA) is 79.4 Å². The monoisotopic (exact) mass is 623 g/mol. The average Bonchev–Trinajstić information content (AvgIpc) is 3.59. The second-order valence-corrected chi connectivity index (χ2v) is 13.3. The van der Waals surface area contributed by atoms with Gasteiger partial charge in [-0.25, -0.2) is 9.18 Å². The van der Waals surface area contributed by atoms with Crippen molar-refractivity contribution in [3.63, 3.8) is 0 Å². The van der Waals surface area contributed by atoms with E-state index in [2.05, 4.69) is 31.4 Å². The van der Waals surface area contributed by atoms with Crippen LogP contribution < -0.4 is 0 Å². The van der Waals surface area contributed by atoms with Crippen molar-refractivity contribution in [3.05, 3.63) is 94.3 Å². The predicted octanol–water partition coefficient (Wildman–Crippen LogP) is 7.19. The zero-order valence-electron chi connectivity index (χ0n) is 25.7. The first-order valence-corrected chi connectivity index (χ1v) is 16.1. The number of allylic oxidation sites excluding steroid dienone is 2. The molecule has 3 fully saturated rings. The van der Waals surface area contributed by atoms with E-state index in [-0.39, 0.29) is 41.3 Å². The molecule has 3 aliphatic heterocycles. The molecule has 2 aromatic rings. The molecule has 1 N–H and O–H groups in total. The second-order valence-electron chi connectivity index (χ2n) is 12.9. The number of hydrogen-bond donors (Lipinski definition) is 1. The quantitative estimate of drug-likeness (QED) is 0.121. The normalized spacial score (nSPS) is 28.0. The van der Waals surface area contributed by atoms with E-state index in [1.54, 1.807) is 0 Å². The van der Waals surface area contributed by atoms with Crippen molar-refractivity contribution in [2.24, 2.45) is 5.92 Å². The number of halogens is 2. The smallest absolute Gasteiger partial charge is 0.334 e. The summed E-state index contributed by atoms with van der Waals surface area (Å²) < 4.78 is 24.2. The van der Waals surface area contributed by atoms with Crippen LogP contribution in [0.1, 0.15) is 81.1 Å². The lowest BCUT2D eigenvalue weighted by molar-refractivity contribution is -0.140. The minimum Gasteiger partial charge on any atom is -0.455 e. The highest BCUT2D eigenvalue weighted by molar-refractivity contribution is 6.30. The second kappa shape index (κ2) is 13.7. The summed E-state index contributed by atoms with van der Waals surface area (Å²) in [6.07, 6.45) is 8.80. The predicted molar refractivity (Wildman–Crippen MR) is 169 cm³/mol. The van der Waals surface area contributed by atoms with Crippen LogP contribution >= 0.6 is 11.6 Å². The van der Waals surface area contributed by atoms with Crippen LogP contribution in [0.25, 0.3) is 0 Å². The van der Waals surface area contributed by atoms with E-state index in [4.69, 9.17) is 21.1 Å². The SMILES string of the molecule is C=C1C(=O)OC2C1CCC(C)=CCCC1(C)OC21.O=C(CCCN1CCC(O)(c2ccc(Cl)cc2)CC1)c1ccc(F)cc1. The molecule has 0 spiro atoms. The molecule has 6 nitrogen and oxygen atoms in total. The zero-order valence-corrected chi connectivity index (χ0v) is 26.5. The van der Waals surface area contributed by atoms with Crippen LogP contribution in [0.15, 0.2) is 72.3 Å². The number of ether oxygens (including phenoxy) is 2. The number of ketones is 1. The summed E-state index contributed by atoms with van der Waals surface area (Å²) in [5.41, 5.74) is 2.58. The molecule has 4 aliphatic rings. The number of esters is 1. The number of epoxide rings is 1. The summed E-state index contributed by atoms with van der Waals surface area (Å²) in [5.74, 6) is -0.391. The number of likely N-dealkylation sites (tertiary alicyclic amines) is 1. The number of rotatable bonds is 6. The molecule has 1 aliphatic carbocycles. The lowest BCUT2D eigenvalue weighted by Crippen LogP contribution is -2.42. The van der Waals surface area contributed by atoms with Gasteiger partial charge in [0.05, 0.1) is 11.2 Å². The molecule has 0 aromatic heterocycles. The molecule has 0 amide bonds. The summed E-state index contributed by atoms with van der Waals surface area (Å²) in [7, 11) is 0. The molecule has 44 heavy (non-hydrogen) atoms. The maximum Gasteiger partial charge on any atom is 0.334 e. The van der Waals surface area contributed by atoms with E-state index in [9.17, 15) is 19.1 Å². The summed E-state index contributed by atoms with van der Waals surface area (Å²) in [6.45, 7) is 10.6. The Balaban J connectivity index is 0.000000186. The van der Waals surface area contributed by atoms with Crippen molar-refractivity contribution >= 4 is 23.4 Å². The van der Waals surface area contributed by atoms with Gasteiger partial charge in [0.15, 0.2) is 5.78 Å². The van der Waals surface area contributed by atoms with Gasteiger partial charge in [-0.2, -0.15) is 0 Å². The summed E-state index contributed by atoms with van der Waals surface area (Å²) in [5, 5.41) is 11.5.